The highest BCUT2D eigenvalue weighted by molar-refractivity contribution is 5.78. The van der Waals surface area contributed by atoms with E-state index in [1.807, 2.05) is 30.3 Å². The summed E-state index contributed by atoms with van der Waals surface area (Å²) in [6.45, 7) is -0.312. The van der Waals surface area contributed by atoms with E-state index < -0.39 is 36.7 Å². The Balaban J connectivity index is 1.85. The number of aliphatic hydroxyl groups excluding tert-OH is 2. The van der Waals surface area contributed by atoms with Gasteiger partial charge in [0.2, 0.25) is 0 Å². The Bertz CT molecular complexity index is 461. The first kappa shape index (κ1) is 12.6. The molecule has 6 heteroatoms. The molecule has 3 rings (SSSR count). The summed E-state index contributed by atoms with van der Waals surface area (Å²) in [5, 5.41) is 19.1. The number of hydrogen-bond acceptors (Lipinski definition) is 6. The molecule has 19 heavy (non-hydrogen) atoms. The molecule has 0 radical (unpaired) electrons. The van der Waals surface area contributed by atoms with Crippen LogP contribution in [0.3, 0.4) is 0 Å². The molecule has 2 heterocycles. The molecule has 0 aliphatic carbocycles. The molecule has 0 amide bonds. The Morgan fingerprint density at radius 2 is 1.84 bits per heavy atom. The molecular formula is C13H14O6. The van der Waals surface area contributed by atoms with Gasteiger partial charge >= 0.3 is 5.97 Å². The molecule has 2 saturated heterocycles. The maximum absolute atomic E-state index is 11.4. The Kier molecular flexibility index (Phi) is 3.24. The molecular weight excluding hydrogens is 252 g/mol. The van der Waals surface area contributed by atoms with E-state index in [2.05, 4.69) is 0 Å². The molecule has 1 aromatic carbocycles. The zero-order valence-electron chi connectivity index (χ0n) is 10.0. The molecule has 0 unspecified atom stereocenters. The molecule has 2 fully saturated rings. The van der Waals surface area contributed by atoms with Crippen LogP contribution in [-0.2, 0) is 19.0 Å². The topological polar surface area (TPSA) is 85.2 Å². The highest BCUT2D eigenvalue weighted by Gasteiger charge is 2.53. The minimum Gasteiger partial charge on any atom is -0.455 e. The fourth-order valence-corrected chi connectivity index (χ4v) is 2.35. The summed E-state index contributed by atoms with van der Waals surface area (Å²) in [6, 6.07) is 9.13. The highest BCUT2D eigenvalue weighted by atomic mass is 16.7. The fraction of sp³-hybridized carbons (Fsp3) is 0.462. The van der Waals surface area contributed by atoms with Crippen molar-refractivity contribution in [3.05, 3.63) is 35.9 Å². The zero-order chi connectivity index (χ0) is 13.4. The van der Waals surface area contributed by atoms with Crippen LogP contribution >= 0.6 is 0 Å². The number of rotatable bonds is 2. The number of hydrogen-bond donors (Lipinski definition) is 2. The monoisotopic (exact) mass is 266 g/mol. The van der Waals surface area contributed by atoms with Crippen LogP contribution in [0.1, 0.15) is 11.9 Å². The molecule has 0 spiro atoms. The third-order valence-electron chi connectivity index (χ3n) is 3.33. The van der Waals surface area contributed by atoms with Crippen LogP contribution in [0, 0.1) is 0 Å². The quantitative estimate of drug-likeness (QED) is 0.718. The third kappa shape index (κ3) is 2.12. The van der Waals surface area contributed by atoms with Gasteiger partial charge in [-0.25, -0.2) is 4.79 Å². The lowest BCUT2D eigenvalue weighted by Gasteiger charge is -2.37. The van der Waals surface area contributed by atoms with Gasteiger partial charge in [-0.3, -0.25) is 0 Å². The molecule has 1 aromatic rings. The van der Waals surface area contributed by atoms with Crippen molar-refractivity contribution < 1.29 is 29.2 Å². The molecule has 0 bridgehead atoms. The van der Waals surface area contributed by atoms with E-state index in [-0.39, 0.29) is 6.61 Å². The van der Waals surface area contributed by atoms with Crippen LogP contribution < -0.4 is 0 Å². The molecule has 2 N–H and O–H groups in total. The van der Waals surface area contributed by atoms with E-state index in [0.29, 0.717) is 0 Å². The number of esters is 1. The molecule has 102 valence electrons. The van der Waals surface area contributed by atoms with E-state index >= 15 is 0 Å². The van der Waals surface area contributed by atoms with E-state index in [4.69, 9.17) is 14.2 Å². The average Bonchev–Trinajstić information content (AvgIpc) is 2.75. The molecule has 0 aromatic heterocycles. The molecule has 5 atom stereocenters. The second-order valence-corrected chi connectivity index (χ2v) is 4.55. The minimum atomic E-state index is -1.34. The van der Waals surface area contributed by atoms with Crippen molar-refractivity contribution in [2.75, 3.05) is 6.61 Å². The molecule has 6 nitrogen and oxygen atoms in total. The Hall–Kier alpha value is -1.47. The molecule has 2 aliphatic rings. The van der Waals surface area contributed by atoms with Gasteiger partial charge < -0.3 is 24.4 Å². The number of carbonyl (C=O) groups is 1. The van der Waals surface area contributed by atoms with Gasteiger partial charge in [-0.15, -0.1) is 0 Å². The van der Waals surface area contributed by atoms with Crippen molar-refractivity contribution in [2.24, 2.45) is 0 Å². The van der Waals surface area contributed by atoms with Gasteiger partial charge in [0.25, 0.3) is 0 Å². The normalized spacial score (nSPS) is 37.8. The van der Waals surface area contributed by atoms with Gasteiger partial charge in [0.15, 0.2) is 18.5 Å². The fourth-order valence-electron chi connectivity index (χ4n) is 2.35. The number of ether oxygens (including phenoxy) is 3. The van der Waals surface area contributed by atoms with Crippen molar-refractivity contribution in [3.8, 4) is 0 Å². The smallest absolute Gasteiger partial charge is 0.338 e. The first-order valence-electron chi connectivity index (χ1n) is 6.06. The number of fused-ring (bicyclic) bond motifs is 1. The van der Waals surface area contributed by atoms with Crippen molar-refractivity contribution in [1.29, 1.82) is 0 Å². The largest absolute Gasteiger partial charge is 0.455 e. The minimum absolute atomic E-state index is 0.312. The Labute approximate surface area is 109 Å². The third-order valence-corrected chi connectivity index (χ3v) is 3.33. The van der Waals surface area contributed by atoms with E-state index in [1.54, 1.807) is 0 Å². The van der Waals surface area contributed by atoms with E-state index in [1.165, 1.54) is 0 Å². The lowest BCUT2D eigenvalue weighted by atomic mass is 10.0. The van der Waals surface area contributed by atoms with Crippen LogP contribution in [-0.4, -0.2) is 47.2 Å². The molecule has 0 saturated carbocycles. The van der Waals surface area contributed by atoms with Crippen molar-refractivity contribution >= 4 is 5.97 Å². The predicted octanol–water partition coefficient (Wildman–Crippen LogP) is -0.252. The standard InChI is InChI=1S/C13H14O6/c14-6-8-10-11(9(15)12(16)18-10)19-13(17-8)7-4-2-1-3-5-7/h1-5,8-11,13-15H,6H2/t8-,9-,10+,11+,13-/m0/s1. The maximum atomic E-state index is 11.4. The molecule has 2 aliphatic heterocycles. The lowest BCUT2D eigenvalue weighted by Crippen LogP contribution is -2.49. The highest BCUT2D eigenvalue weighted by Crippen LogP contribution is 2.36. The van der Waals surface area contributed by atoms with Crippen molar-refractivity contribution in [3.63, 3.8) is 0 Å². The summed E-state index contributed by atoms with van der Waals surface area (Å²) in [4.78, 5) is 11.4. The van der Waals surface area contributed by atoms with Crippen LogP contribution in [0.2, 0.25) is 0 Å². The Morgan fingerprint density at radius 3 is 2.53 bits per heavy atom. The van der Waals surface area contributed by atoms with Gasteiger partial charge in [-0.1, -0.05) is 30.3 Å². The van der Waals surface area contributed by atoms with Gasteiger partial charge in [0.05, 0.1) is 6.61 Å². The zero-order valence-corrected chi connectivity index (χ0v) is 10.0. The lowest BCUT2D eigenvalue weighted by molar-refractivity contribution is -0.288. The van der Waals surface area contributed by atoms with Crippen LogP contribution in [0.25, 0.3) is 0 Å². The van der Waals surface area contributed by atoms with E-state index in [0.717, 1.165) is 5.56 Å². The van der Waals surface area contributed by atoms with Crippen molar-refractivity contribution in [2.45, 2.75) is 30.7 Å². The second-order valence-electron chi connectivity index (χ2n) is 4.55. The number of carbonyl (C=O) groups excluding carboxylic acids is 1. The van der Waals surface area contributed by atoms with E-state index in [9.17, 15) is 15.0 Å². The summed E-state index contributed by atoms with van der Waals surface area (Å²) >= 11 is 0. The van der Waals surface area contributed by atoms with Gasteiger partial charge in [0, 0.05) is 5.56 Å². The Morgan fingerprint density at radius 1 is 1.11 bits per heavy atom. The second kappa shape index (κ2) is 4.90. The van der Waals surface area contributed by atoms with Gasteiger partial charge in [-0.05, 0) is 0 Å². The van der Waals surface area contributed by atoms with Crippen LogP contribution in [0.15, 0.2) is 30.3 Å². The summed E-state index contributed by atoms with van der Waals surface area (Å²) in [5.74, 6) is -0.745. The first-order chi connectivity index (χ1) is 9.20. The van der Waals surface area contributed by atoms with Gasteiger partial charge in [0.1, 0.15) is 12.2 Å². The average molecular weight is 266 g/mol. The predicted molar refractivity (Wildman–Crippen MR) is 61.9 cm³/mol. The summed E-state index contributed by atoms with van der Waals surface area (Å²) < 4.78 is 16.1. The summed E-state index contributed by atoms with van der Waals surface area (Å²) in [6.07, 6.45) is -4.36. The maximum Gasteiger partial charge on any atom is 0.338 e. The summed E-state index contributed by atoms with van der Waals surface area (Å²) in [5.41, 5.74) is 0.756. The van der Waals surface area contributed by atoms with Gasteiger partial charge in [-0.2, -0.15) is 0 Å². The SMILES string of the molecule is O=C1O[C@H]2[C@H](O[C@@H](c3ccccc3)O[C@H]2CO)[C@@H]1O. The van der Waals surface area contributed by atoms with Crippen LogP contribution in [0.4, 0.5) is 0 Å². The van der Waals surface area contributed by atoms with Crippen LogP contribution in [0.5, 0.6) is 0 Å². The number of aliphatic hydroxyl groups is 2. The first-order valence-corrected chi connectivity index (χ1v) is 6.06. The van der Waals surface area contributed by atoms with Crippen molar-refractivity contribution in [1.82, 2.24) is 0 Å². The number of benzene rings is 1. The summed E-state index contributed by atoms with van der Waals surface area (Å²) in [7, 11) is 0.